The highest BCUT2D eigenvalue weighted by molar-refractivity contribution is 5.76. The van der Waals surface area contributed by atoms with Crippen LogP contribution in [0.1, 0.15) is 23.2 Å². The Morgan fingerprint density at radius 2 is 2.04 bits per heavy atom. The van der Waals surface area contributed by atoms with Gasteiger partial charge < -0.3 is 9.88 Å². The van der Waals surface area contributed by atoms with Gasteiger partial charge in [0.15, 0.2) is 5.82 Å². The third kappa shape index (κ3) is 3.76. The molecule has 136 valence electrons. The van der Waals surface area contributed by atoms with Gasteiger partial charge in [0.05, 0.1) is 24.0 Å². The molecule has 0 bridgehead atoms. The van der Waals surface area contributed by atoms with Gasteiger partial charge in [0.1, 0.15) is 5.69 Å². The predicted octanol–water partition coefficient (Wildman–Crippen LogP) is 1.74. The van der Waals surface area contributed by atoms with E-state index in [0.29, 0.717) is 49.4 Å². The Bertz CT molecular complexity index is 1000. The number of hydrogen-bond donors (Lipinski definition) is 1. The van der Waals surface area contributed by atoms with Crippen molar-refractivity contribution in [2.45, 2.75) is 25.8 Å². The Hall–Kier alpha value is -3.35. The van der Waals surface area contributed by atoms with Crippen LogP contribution in [0.25, 0.3) is 11.5 Å². The second-order valence-corrected chi connectivity index (χ2v) is 6.48. The van der Waals surface area contributed by atoms with Crippen LogP contribution in [0.5, 0.6) is 0 Å². The summed E-state index contributed by atoms with van der Waals surface area (Å²) in [6, 6.07) is 9.93. The highest BCUT2D eigenvalue weighted by atomic mass is 16.2. The maximum absolute atomic E-state index is 12.6. The lowest BCUT2D eigenvalue weighted by Gasteiger charge is -2.28. The van der Waals surface area contributed by atoms with Gasteiger partial charge in [0, 0.05) is 31.8 Å². The molecule has 7 nitrogen and oxygen atoms in total. The molecular weight excluding hydrogens is 342 g/mol. The maximum Gasteiger partial charge on any atom is 0.256 e. The summed E-state index contributed by atoms with van der Waals surface area (Å²) >= 11 is 0. The van der Waals surface area contributed by atoms with E-state index < -0.39 is 0 Å². The molecule has 0 unspecified atom stereocenters. The zero-order chi connectivity index (χ0) is 18.6. The van der Waals surface area contributed by atoms with E-state index in [1.807, 2.05) is 30.3 Å². The van der Waals surface area contributed by atoms with E-state index >= 15 is 0 Å². The summed E-state index contributed by atoms with van der Waals surface area (Å²) in [6.45, 7) is 0.864. The highest BCUT2D eigenvalue weighted by Gasteiger charge is 2.24. The van der Waals surface area contributed by atoms with Crippen molar-refractivity contribution in [1.82, 2.24) is 24.8 Å². The van der Waals surface area contributed by atoms with E-state index in [-0.39, 0.29) is 11.5 Å². The zero-order valence-electron chi connectivity index (χ0n) is 14.8. The normalized spacial score (nSPS) is 13.3. The number of hydrogen-bond acceptors (Lipinski definition) is 5. The summed E-state index contributed by atoms with van der Waals surface area (Å²) in [4.78, 5) is 42.3. The van der Waals surface area contributed by atoms with Gasteiger partial charge in [0.2, 0.25) is 5.91 Å². The minimum absolute atomic E-state index is 0.0573. The van der Waals surface area contributed by atoms with Crippen molar-refractivity contribution in [2.75, 3.05) is 6.54 Å². The summed E-state index contributed by atoms with van der Waals surface area (Å²) in [5.41, 5.74) is 2.73. The zero-order valence-corrected chi connectivity index (χ0v) is 14.8. The third-order valence-electron chi connectivity index (χ3n) is 4.70. The number of aryl methyl sites for hydroxylation is 1. The second kappa shape index (κ2) is 7.49. The molecule has 0 saturated heterocycles. The van der Waals surface area contributed by atoms with Crippen molar-refractivity contribution in [1.29, 1.82) is 0 Å². The Labute approximate surface area is 156 Å². The van der Waals surface area contributed by atoms with Crippen molar-refractivity contribution >= 4 is 5.91 Å². The van der Waals surface area contributed by atoms with Gasteiger partial charge >= 0.3 is 0 Å². The number of carbonyl (C=O) groups excluding carboxylic acids is 1. The van der Waals surface area contributed by atoms with Gasteiger partial charge in [-0.3, -0.25) is 14.6 Å². The number of H-pyrrole nitrogens is 1. The average Bonchev–Trinajstić information content (AvgIpc) is 2.73. The highest BCUT2D eigenvalue weighted by Crippen LogP contribution is 2.18. The fraction of sp³-hybridized carbons (Fsp3) is 0.250. The summed E-state index contributed by atoms with van der Waals surface area (Å²) in [7, 11) is 0. The number of benzene rings is 1. The molecular formula is C20H19N5O2. The number of amides is 1. The summed E-state index contributed by atoms with van der Waals surface area (Å²) in [5, 5.41) is 0. The van der Waals surface area contributed by atoms with Crippen molar-refractivity contribution in [2.24, 2.45) is 0 Å². The van der Waals surface area contributed by atoms with Crippen LogP contribution in [0.15, 0.2) is 53.7 Å². The van der Waals surface area contributed by atoms with E-state index in [2.05, 4.69) is 19.9 Å². The third-order valence-corrected chi connectivity index (χ3v) is 4.70. The molecule has 0 fully saturated rings. The molecule has 3 aromatic rings. The predicted molar refractivity (Wildman–Crippen MR) is 99.8 cm³/mol. The van der Waals surface area contributed by atoms with Crippen LogP contribution >= 0.6 is 0 Å². The van der Waals surface area contributed by atoms with Crippen LogP contribution in [0.3, 0.4) is 0 Å². The smallest absolute Gasteiger partial charge is 0.256 e. The van der Waals surface area contributed by atoms with Gasteiger partial charge in [-0.25, -0.2) is 9.97 Å². The van der Waals surface area contributed by atoms with Crippen molar-refractivity contribution in [3.05, 3.63) is 76.1 Å². The first kappa shape index (κ1) is 17.1. The van der Waals surface area contributed by atoms with Crippen LogP contribution in [-0.4, -0.2) is 37.3 Å². The minimum atomic E-state index is -0.221. The van der Waals surface area contributed by atoms with Crippen LogP contribution in [-0.2, 0) is 24.2 Å². The number of fused-ring (bicyclic) bond motifs is 1. The summed E-state index contributed by atoms with van der Waals surface area (Å²) < 4.78 is 0. The van der Waals surface area contributed by atoms with Gasteiger partial charge in [-0.05, 0) is 12.0 Å². The molecule has 1 aliphatic heterocycles. The van der Waals surface area contributed by atoms with E-state index in [9.17, 15) is 9.59 Å². The molecule has 2 aromatic heterocycles. The van der Waals surface area contributed by atoms with Gasteiger partial charge in [-0.2, -0.15) is 0 Å². The summed E-state index contributed by atoms with van der Waals surface area (Å²) in [6.07, 6.45) is 6.38. The molecule has 0 atom stereocenters. The molecule has 0 aliphatic carbocycles. The molecule has 0 spiro atoms. The van der Waals surface area contributed by atoms with Crippen LogP contribution in [0.4, 0.5) is 0 Å². The van der Waals surface area contributed by atoms with Crippen LogP contribution in [0.2, 0.25) is 0 Å². The summed E-state index contributed by atoms with van der Waals surface area (Å²) in [5.74, 6) is 0.470. The molecule has 1 aliphatic rings. The Morgan fingerprint density at radius 1 is 1.19 bits per heavy atom. The Balaban J connectivity index is 1.48. The number of rotatable bonds is 4. The SMILES string of the molecule is O=C(CCc1ccccc1)N1CCc2nc(-c3cnccn3)[nH]c(=O)c2C1. The van der Waals surface area contributed by atoms with Crippen molar-refractivity contribution in [3.8, 4) is 11.5 Å². The molecule has 4 rings (SSSR count). The average molecular weight is 361 g/mol. The molecule has 1 amide bonds. The lowest BCUT2D eigenvalue weighted by molar-refractivity contribution is -0.132. The Kier molecular flexibility index (Phi) is 4.74. The topological polar surface area (TPSA) is 91.8 Å². The first-order valence-corrected chi connectivity index (χ1v) is 8.91. The number of aromatic nitrogens is 4. The van der Waals surface area contributed by atoms with Gasteiger partial charge in [0.25, 0.3) is 5.56 Å². The van der Waals surface area contributed by atoms with E-state index in [4.69, 9.17) is 0 Å². The van der Waals surface area contributed by atoms with E-state index in [1.54, 1.807) is 23.5 Å². The fourth-order valence-corrected chi connectivity index (χ4v) is 3.23. The monoisotopic (exact) mass is 361 g/mol. The molecule has 0 radical (unpaired) electrons. The second-order valence-electron chi connectivity index (χ2n) is 6.48. The molecule has 3 heterocycles. The van der Waals surface area contributed by atoms with E-state index in [1.165, 1.54) is 0 Å². The van der Waals surface area contributed by atoms with Gasteiger partial charge in [-0.15, -0.1) is 0 Å². The molecule has 27 heavy (non-hydrogen) atoms. The standard InChI is InChI=1S/C20H19N5O2/c26-18(7-6-14-4-2-1-3-5-14)25-11-8-16-15(13-25)20(27)24-19(23-16)17-12-21-9-10-22-17/h1-5,9-10,12H,6-8,11,13H2,(H,23,24,27). The lowest BCUT2D eigenvalue weighted by atomic mass is 10.0. The fourth-order valence-electron chi connectivity index (χ4n) is 3.23. The first-order chi connectivity index (χ1) is 13.2. The number of carbonyl (C=O) groups is 1. The largest absolute Gasteiger partial charge is 0.338 e. The molecule has 0 saturated carbocycles. The van der Waals surface area contributed by atoms with E-state index in [0.717, 1.165) is 11.3 Å². The quantitative estimate of drug-likeness (QED) is 0.764. The number of nitrogens with one attached hydrogen (secondary N) is 1. The molecule has 1 aromatic carbocycles. The maximum atomic E-state index is 12.6. The Morgan fingerprint density at radius 3 is 2.81 bits per heavy atom. The number of nitrogens with zero attached hydrogens (tertiary/aromatic N) is 4. The first-order valence-electron chi connectivity index (χ1n) is 8.91. The minimum Gasteiger partial charge on any atom is -0.338 e. The van der Waals surface area contributed by atoms with Crippen LogP contribution < -0.4 is 5.56 Å². The molecule has 7 heteroatoms. The lowest BCUT2D eigenvalue weighted by Crippen LogP contribution is -2.39. The van der Waals surface area contributed by atoms with Gasteiger partial charge in [-0.1, -0.05) is 30.3 Å². The van der Waals surface area contributed by atoms with Crippen molar-refractivity contribution in [3.63, 3.8) is 0 Å². The number of aromatic amines is 1. The molecule has 1 N–H and O–H groups in total. The van der Waals surface area contributed by atoms with Crippen molar-refractivity contribution < 1.29 is 4.79 Å². The van der Waals surface area contributed by atoms with Crippen LogP contribution in [0, 0.1) is 0 Å².